The van der Waals surface area contributed by atoms with Gasteiger partial charge in [0.1, 0.15) is 13.2 Å². The summed E-state index contributed by atoms with van der Waals surface area (Å²) in [6, 6.07) is 26.0. The van der Waals surface area contributed by atoms with E-state index >= 15 is 0 Å². The van der Waals surface area contributed by atoms with Crippen molar-refractivity contribution in [3.05, 3.63) is 107 Å². The zero-order chi connectivity index (χ0) is 39.1. The normalized spacial score (nSPS) is 22.1. The van der Waals surface area contributed by atoms with Crippen LogP contribution in [-0.4, -0.2) is 96.9 Å². The van der Waals surface area contributed by atoms with Crippen LogP contribution in [0.4, 0.5) is 0 Å². The number of nitrogens with zero attached hydrogens (tertiary/aromatic N) is 4. The van der Waals surface area contributed by atoms with E-state index in [-0.39, 0.29) is 30.1 Å². The Hall–Kier alpha value is -4.75. The fourth-order valence-corrected chi connectivity index (χ4v) is 8.78. The minimum absolute atomic E-state index is 0.110. The molecule has 0 unspecified atom stereocenters. The van der Waals surface area contributed by atoms with Crippen molar-refractivity contribution >= 4 is 5.91 Å². The smallest absolute Gasteiger partial charge is 0.258 e. The third-order valence-electron chi connectivity index (χ3n) is 12.4. The van der Waals surface area contributed by atoms with Crippen LogP contribution in [0.15, 0.2) is 79.0 Å². The number of pyridine rings is 2. The fraction of sp³-hybridized carbons (Fsp3) is 0.500. The third kappa shape index (κ3) is 9.74. The van der Waals surface area contributed by atoms with Crippen LogP contribution >= 0.6 is 0 Å². The summed E-state index contributed by atoms with van der Waals surface area (Å²) in [5.74, 6) is 2.87. The lowest BCUT2D eigenvalue weighted by Gasteiger charge is -2.33. The molecule has 0 saturated carbocycles. The van der Waals surface area contributed by atoms with Gasteiger partial charge in [0.15, 0.2) is 23.7 Å². The van der Waals surface area contributed by atoms with Crippen molar-refractivity contribution in [2.45, 2.75) is 82.3 Å². The van der Waals surface area contributed by atoms with E-state index < -0.39 is 0 Å². The molecule has 2 aromatic carbocycles. The monoisotopic (exact) mass is 788 g/mol. The molecule has 306 valence electrons. The van der Waals surface area contributed by atoms with Crippen molar-refractivity contribution in [3.63, 3.8) is 0 Å². The average molecular weight is 789 g/mol. The van der Waals surface area contributed by atoms with Gasteiger partial charge in [0.2, 0.25) is 5.91 Å². The first-order valence-electron chi connectivity index (χ1n) is 21.4. The van der Waals surface area contributed by atoms with E-state index in [1.807, 2.05) is 18.2 Å². The van der Waals surface area contributed by atoms with E-state index in [0.29, 0.717) is 55.7 Å². The SMILES string of the molecule is O=C(NC1CCN(Cc2ccc([C@H]3COc4ccc(CCNC5CCN(Cc6ccc([C@H]7COc8cccnc8O7)cc6)CC5)nc4O3)cc2)CC1)C1CCOCC1. The molecule has 0 spiro atoms. The molecule has 2 atom stereocenters. The maximum absolute atomic E-state index is 12.7. The lowest BCUT2D eigenvalue weighted by Crippen LogP contribution is -2.46. The molecule has 1 amide bonds. The van der Waals surface area contributed by atoms with Gasteiger partial charge in [-0.1, -0.05) is 48.5 Å². The molecule has 5 aliphatic rings. The quantitative estimate of drug-likeness (QED) is 0.181. The van der Waals surface area contributed by atoms with E-state index in [4.69, 9.17) is 28.7 Å². The van der Waals surface area contributed by atoms with Gasteiger partial charge < -0.3 is 34.3 Å². The number of likely N-dealkylation sites (tertiary alicyclic amines) is 2. The standard InChI is InChI=1S/C46H56N6O6/c53-44(36-18-26-54-27-19-36)49-39-16-24-52(25-17-39)29-33-5-9-35(10-6-33)43-31-56-41-12-11-38(50-46(41)58-43)13-21-47-37-14-22-51(23-15-37)28-32-3-7-34(8-4-32)42-30-55-40-2-1-20-48-45(40)57-42/h1-12,20,36-37,39,42-43,47H,13-19,21-31H2,(H,49,53)/t42-,43-/m1/s1. The Morgan fingerprint density at radius 3 is 1.90 bits per heavy atom. The predicted octanol–water partition coefficient (Wildman–Crippen LogP) is 5.81. The highest BCUT2D eigenvalue weighted by Crippen LogP contribution is 2.36. The second-order valence-corrected chi connectivity index (χ2v) is 16.4. The summed E-state index contributed by atoms with van der Waals surface area (Å²) < 4.78 is 29.9. The number of aromatic nitrogens is 2. The average Bonchev–Trinajstić information content (AvgIpc) is 3.28. The topological polar surface area (TPSA) is 120 Å². The summed E-state index contributed by atoms with van der Waals surface area (Å²) in [5, 5.41) is 7.09. The Morgan fingerprint density at radius 1 is 0.672 bits per heavy atom. The Morgan fingerprint density at radius 2 is 1.26 bits per heavy atom. The number of nitrogens with one attached hydrogen (secondary N) is 2. The number of hydrogen-bond acceptors (Lipinski definition) is 11. The molecule has 9 rings (SSSR count). The fourth-order valence-electron chi connectivity index (χ4n) is 8.78. The third-order valence-corrected chi connectivity index (χ3v) is 12.4. The van der Waals surface area contributed by atoms with Crippen molar-refractivity contribution in [3.8, 4) is 23.3 Å². The van der Waals surface area contributed by atoms with Crippen LogP contribution in [0.5, 0.6) is 23.3 Å². The van der Waals surface area contributed by atoms with Gasteiger partial charge in [0.05, 0.1) is 0 Å². The summed E-state index contributed by atoms with van der Waals surface area (Å²) >= 11 is 0. The molecule has 58 heavy (non-hydrogen) atoms. The number of amides is 1. The van der Waals surface area contributed by atoms with Gasteiger partial charge >= 0.3 is 0 Å². The lowest BCUT2D eigenvalue weighted by atomic mass is 9.97. The molecular formula is C46H56N6O6. The first-order chi connectivity index (χ1) is 28.6. The first kappa shape index (κ1) is 38.8. The number of piperidine rings is 2. The van der Waals surface area contributed by atoms with E-state index in [0.717, 1.165) is 108 Å². The number of carbonyl (C=O) groups excluding carboxylic acids is 1. The molecule has 0 bridgehead atoms. The van der Waals surface area contributed by atoms with E-state index in [1.165, 1.54) is 11.1 Å². The van der Waals surface area contributed by atoms with Crippen LogP contribution in [0.3, 0.4) is 0 Å². The Kier molecular flexibility index (Phi) is 12.3. The van der Waals surface area contributed by atoms with Gasteiger partial charge in [0, 0.05) is 82.3 Å². The molecule has 3 saturated heterocycles. The zero-order valence-electron chi connectivity index (χ0n) is 33.4. The largest absolute Gasteiger partial charge is 0.484 e. The number of ether oxygens (including phenoxy) is 5. The van der Waals surface area contributed by atoms with Crippen LogP contribution in [-0.2, 0) is 29.0 Å². The number of fused-ring (bicyclic) bond motifs is 2. The number of hydrogen-bond donors (Lipinski definition) is 2. The molecule has 7 heterocycles. The Bertz CT molecular complexity index is 1960. The van der Waals surface area contributed by atoms with E-state index in [2.05, 4.69) is 80.0 Å². The van der Waals surface area contributed by atoms with Crippen molar-refractivity contribution in [1.29, 1.82) is 0 Å². The maximum Gasteiger partial charge on any atom is 0.258 e. The molecule has 12 heteroatoms. The summed E-state index contributed by atoms with van der Waals surface area (Å²) in [7, 11) is 0. The first-order valence-corrected chi connectivity index (χ1v) is 21.4. The van der Waals surface area contributed by atoms with Gasteiger partial charge in [0.25, 0.3) is 11.8 Å². The number of benzene rings is 2. The molecule has 5 aliphatic heterocycles. The van der Waals surface area contributed by atoms with E-state index in [9.17, 15) is 4.79 Å². The molecule has 12 nitrogen and oxygen atoms in total. The van der Waals surface area contributed by atoms with Gasteiger partial charge in [-0.25, -0.2) is 9.97 Å². The summed E-state index contributed by atoms with van der Waals surface area (Å²) in [6.07, 6.45) is 8.13. The molecule has 3 fully saturated rings. The van der Waals surface area contributed by atoms with Crippen LogP contribution in [0, 0.1) is 5.92 Å². The van der Waals surface area contributed by atoms with Crippen LogP contribution in [0.2, 0.25) is 0 Å². The maximum atomic E-state index is 12.7. The van der Waals surface area contributed by atoms with Crippen molar-refractivity contribution in [1.82, 2.24) is 30.4 Å². The highest BCUT2D eigenvalue weighted by Gasteiger charge is 2.28. The molecule has 2 aromatic heterocycles. The molecular weight excluding hydrogens is 733 g/mol. The van der Waals surface area contributed by atoms with Crippen LogP contribution < -0.4 is 29.6 Å². The minimum atomic E-state index is -0.197. The van der Waals surface area contributed by atoms with Gasteiger partial charge in [-0.05, 0) is 98.1 Å². The van der Waals surface area contributed by atoms with Crippen molar-refractivity contribution in [2.75, 3.05) is 59.2 Å². The minimum Gasteiger partial charge on any atom is -0.484 e. The lowest BCUT2D eigenvalue weighted by molar-refractivity contribution is -0.128. The number of rotatable bonds is 12. The van der Waals surface area contributed by atoms with Crippen LogP contribution in [0.25, 0.3) is 0 Å². The summed E-state index contributed by atoms with van der Waals surface area (Å²) in [5.41, 5.74) is 5.79. The highest BCUT2D eigenvalue weighted by molar-refractivity contribution is 5.79. The summed E-state index contributed by atoms with van der Waals surface area (Å²) in [4.78, 5) is 26.9. The molecule has 2 N–H and O–H groups in total. The van der Waals surface area contributed by atoms with Crippen molar-refractivity contribution < 1.29 is 28.5 Å². The molecule has 0 radical (unpaired) electrons. The highest BCUT2D eigenvalue weighted by atomic mass is 16.6. The van der Waals surface area contributed by atoms with Crippen LogP contribution in [0.1, 0.15) is 78.7 Å². The van der Waals surface area contributed by atoms with Gasteiger partial charge in [-0.2, -0.15) is 0 Å². The van der Waals surface area contributed by atoms with E-state index in [1.54, 1.807) is 6.20 Å². The Labute approximate surface area is 341 Å². The second kappa shape index (κ2) is 18.4. The summed E-state index contributed by atoms with van der Waals surface area (Å²) in [6.45, 7) is 9.19. The second-order valence-electron chi connectivity index (χ2n) is 16.4. The van der Waals surface area contributed by atoms with Gasteiger partial charge in [-0.3, -0.25) is 14.6 Å². The predicted molar refractivity (Wildman–Crippen MR) is 219 cm³/mol. The Balaban J connectivity index is 0.678. The molecule has 4 aromatic rings. The molecule has 0 aliphatic carbocycles. The number of carbonyl (C=O) groups is 1. The van der Waals surface area contributed by atoms with Crippen molar-refractivity contribution in [2.24, 2.45) is 5.92 Å². The zero-order valence-corrected chi connectivity index (χ0v) is 33.4. The van der Waals surface area contributed by atoms with Gasteiger partial charge in [-0.15, -0.1) is 0 Å².